The molecule has 0 aromatic heterocycles. The number of carbonyl (C=O) groups is 1. The number of aryl methyl sites for hydroxylation is 1. The molecule has 51 heavy (non-hydrogen) atoms. The van der Waals surface area contributed by atoms with Crippen molar-refractivity contribution in [2.45, 2.75) is 63.2 Å². The number of amidine groups is 1. The summed E-state index contributed by atoms with van der Waals surface area (Å²) >= 11 is 0. The number of benzene rings is 3. The third-order valence-electron chi connectivity index (χ3n) is 8.44. The largest absolute Gasteiger partial charge is 0.508 e. The standard InChI is InChI=1S/C36H36N2O13/c1-2-17-11-18(13-21(39)12-17)16-48-33-26(50-36-32(44)30(42)31(43)34(51-36)35(45)46)15-25-28(29(33)41)23(40)14-24(49-25)19-3-6-22(7-4-19)47-10-9-20-5-8-27(37)38-20/h3-8,11-15,24,30-32,34,36-37,39-44H,2,9-10,16H2,1H3,(H,45,46)/p+1/t24?,30-,31+,32-,34+,36-/m1/s1. The van der Waals surface area contributed by atoms with Crippen molar-refractivity contribution in [1.82, 2.24) is 0 Å². The molecule has 9 N–H and O–H groups in total. The Bertz CT molecular complexity index is 1910. The maximum Gasteiger partial charge on any atom is 0.335 e. The smallest absolute Gasteiger partial charge is 0.335 e. The van der Waals surface area contributed by atoms with Gasteiger partial charge in [0.2, 0.25) is 12.0 Å². The molecule has 0 saturated carbocycles. The number of nitrogens with two attached hydrogens (primary N) is 1. The van der Waals surface area contributed by atoms with E-state index in [1.54, 1.807) is 42.5 Å². The Balaban J connectivity index is 1.28. The van der Waals surface area contributed by atoms with E-state index in [1.165, 1.54) is 18.2 Å². The summed E-state index contributed by atoms with van der Waals surface area (Å²) in [6.07, 6.45) is -4.45. The summed E-state index contributed by atoms with van der Waals surface area (Å²) in [5, 5.41) is 79.1. The minimum Gasteiger partial charge on any atom is -0.508 e. The van der Waals surface area contributed by atoms with Crippen molar-refractivity contribution in [3.63, 3.8) is 0 Å². The second-order valence-corrected chi connectivity index (χ2v) is 12.0. The fourth-order valence-electron chi connectivity index (χ4n) is 5.78. The van der Waals surface area contributed by atoms with Gasteiger partial charge in [-0.2, -0.15) is 0 Å². The summed E-state index contributed by atoms with van der Waals surface area (Å²) in [5.74, 6) is -2.35. The number of aliphatic imine (C=N–C) groups is 1. The molecule has 0 aliphatic carbocycles. The van der Waals surface area contributed by atoms with Crippen LogP contribution in [0.25, 0.3) is 5.76 Å². The monoisotopic (exact) mass is 705 g/mol. The van der Waals surface area contributed by atoms with Crippen LogP contribution in [0.5, 0.6) is 34.5 Å². The van der Waals surface area contributed by atoms with Crippen molar-refractivity contribution in [3.05, 3.63) is 89.0 Å². The van der Waals surface area contributed by atoms with Gasteiger partial charge in [0.05, 0.1) is 6.61 Å². The highest BCUT2D eigenvalue weighted by atomic mass is 16.7. The molecule has 1 saturated heterocycles. The summed E-state index contributed by atoms with van der Waals surface area (Å²) in [4.78, 5) is 15.9. The number of hydrogen-bond donors (Lipinski definition) is 8. The topological polar surface area (TPSA) is 243 Å². The van der Waals surface area contributed by atoms with Gasteiger partial charge in [-0.15, -0.1) is 0 Å². The number of aliphatic carboxylic acids is 1. The van der Waals surface area contributed by atoms with Gasteiger partial charge in [0.15, 0.2) is 23.3 Å². The van der Waals surface area contributed by atoms with Crippen LogP contribution in [0, 0.1) is 0 Å². The molecule has 15 heteroatoms. The minimum absolute atomic E-state index is 0.00877. The highest BCUT2D eigenvalue weighted by Gasteiger charge is 2.48. The van der Waals surface area contributed by atoms with Crippen LogP contribution in [0.2, 0.25) is 0 Å². The normalized spacial score (nSPS) is 23.9. The predicted molar refractivity (Wildman–Crippen MR) is 179 cm³/mol. The molecule has 0 amide bonds. The van der Waals surface area contributed by atoms with E-state index in [4.69, 9.17) is 29.1 Å². The van der Waals surface area contributed by atoms with Crippen molar-refractivity contribution in [3.8, 4) is 34.5 Å². The highest BCUT2D eigenvalue weighted by Crippen LogP contribution is 2.51. The number of aliphatic hydroxyl groups excluding tert-OH is 4. The lowest BCUT2D eigenvalue weighted by Gasteiger charge is -2.38. The number of rotatable bonds is 12. The van der Waals surface area contributed by atoms with Crippen molar-refractivity contribution in [1.29, 1.82) is 0 Å². The number of carboxylic acid groups (broad SMARTS) is 1. The van der Waals surface area contributed by atoms with E-state index in [-0.39, 0.29) is 40.9 Å². The van der Waals surface area contributed by atoms with Crippen molar-refractivity contribution >= 4 is 23.3 Å². The van der Waals surface area contributed by atoms with Crippen LogP contribution >= 0.6 is 0 Å². The first-order valence-corrected chi connectivity index (χ1v) is 16.0. The van der Waals surface area contributed by atoms with Gasteiger partial charge in [0.1, 0.15) is 59.6 Å². The lowest BCUT2D eigenvalue weighted by atomic mass is 9.99. The van der Waals surface area contributed by atoms with E-state index in [9.17, 15) is 40.5 Å². The Labute approximate surface area is 291 Å². The number of allylic oxidation sites excluding steroid dienone is 1. The van der Waals surface area contributed by atoms with Crippen LogP contribution in [-0.4, -0.2) is 90.6 Å². The summed E-state index contributed by atoms with van der Waals surface area (Å²) in [5.41, 5.74) is 2.60. The Morgan fingerprint density at radius 3 is 2.37 bits per heavy atom. The van der Waals surface area contributed by atoms with E-state index < -0.39 is 48.5 Å². The average molecular weight is 706 g/mol. The molecule has 1 fully saturated rings. The summed E-state index contributed by atoms with van der Waals surface area (Å²) in [6, 6.07) is 13.0. The third-order valence-corrected chi connectivity index (χ3v) is 8.44. The van der Waals surface area contributed by atoms with E-state index >= 15 is 0 Å². The van der Waals surface area contributed by atoms with Gasteiger partial charge < -0.3 is 59.4 Å². The Morgan fingerprint density at radius 2 is 1.69 bits per heavy atom. The highest BCUT2D eigenvalue weighted by molar-refractivity contribution is 6.13. The van der Waals surface area contributed by atoms with Gasteiger partial charge >= 0.3 is 11.8 Å². The summed E-state index contributed by atoms with van der Waals surface area (Å²) < 4.78 is 29.0. The first kappa shape index (κ1) is 35.2. The van der Waals surface area contributed by atoms with Crippen LogP contribution < -0.4 is 24.4 Å². The van der Waals surface area contributed by atoms with Crippen LogP contribution in [0.3, 0.4) is 0 Å². The molecule has 0 spiro atoms. The van der Waals surface area contributed by atoms with E-state index in [0.717, 1.165) is 11.3 Å². The van der Waals surface area contributed by atoms with Gasteiger partial charge in [-0.05, 0) is 58.4 Å². The summed E-state index contributed by atoms with van der Waals surface area (Å²) in [6.45, 7) is 2.06. The average Bonchev–Trinajstić information content (AvgIpc) is 3.52. The molecule has 6 atom stereocenters. The van der Waals surface area contributed by atoms with Gasteiger partial charge in [-0.1, -0.05) is 25.1 Å². The van der Waals surface area contributed by atoms with Crippen LogP contribution in [0.15, 0.2) is 71.8 Å². The summed E-state index contributed by atoms with van der Waals surface area (Å²) in [7, 11) is 0. The van der Waals surface area contributed by atoms with Crippen molar-refractivity contribution in [2.24, 2.45) is 4.99 Å². The number of ether oxygens (including phenoxy) is 5. The number of fused-ring (bicyclic) bond motifs is 1. The SMILES string of the molecule is CCc1cc(O)cc(COc2c(O[C@@H]3O[C@H](C(=O)O)[C@@H](O)[C@@H](O)[C@H]3O)cc3c(c2O)C(O)=CC(c2ccc(OCCC4=NC(=[NH2+])C=C4)cc2)O3)c1. The van der Waals surface area contributed by atoms with Crippen LogP contribution in [0.1, 0.15) is 41.7 Å². The van der Waals surface area contributed by atoms with E-state index in [2.05, 4.69) is 4.99 Å². The number of phenols is 2. The fraction of sp³-hybridized carbons (Fsp3) is 0.306. The second-order valence-electron chi connectivity index (χ2n) is 12.0. The van der Waals surface area contributed by atoms with Gasteiger partial charge in [-0.3, -0.25) is 5.41 Å². The predicted octanol–water partition coefficient (Wildman–Crippen LogP) is 1.48. The number of hydrogen-bond acceptors (Lipinski definition) is 12. The molecule has 3 aliphatic heterocycles. The molecule has 0 radical (unpaired) electrons. The Kier molecular flexibility index (Phi) is 10.2. The number of aromatic hydroxyl groups is 2. The number of carboxylic acids is 1. The third kappa shape index (κ3) is 7.61. The molecule has 3 aromatic carbocycles. The molecule has 3 heterocycles. The van der Waals surface area contributed by atoms with E-state index in [1.807, 2.05) is 13.0 Å². The Hall–Kier alpha value is -5.61. The fourth-order valence-corrected chi connectivity index (χ4v) is 5.78. The van der Waals surface area contributed by atoms with Gasteiger partial charge in [0, 0.05) is 24.6 Å². The van der Waals surface area contributed by atoms with Crippen molar-refractivity contribution in [2.75, 3.05) is 6.61 Å². The zero-order chi connectivity index (χ0) is 36.4. The van der Waals surface area contributed by atoms with Crippen molar-refractivity contribution < 1.29 is 69.6 Å². The van der Waals surface area contributed by atoms with Crippen LogP contribution in [-0.2, 0) is 22.6 Å². The van der Waals surface area contributed by atoms with Gasteiger partial charge in [0.25, 0.3) is 0 Å². The first-order valence-electron chi connectivity index (χ1n) is 16.0. The lowest BCUT2D eigenvalue weighted by Crippen LogP contribution is -2.61. The first-order chi connectivity index (χ1) is 24.4. The molecule has 6 rings (SSSR count). The molecule has 15 nitrogen and oxygen atoms in total. The lowest BCUT2D eigenvalue weighted by molar-refractivity contribution is -0.271. The molecule has 268 valence electrons. The minimum atomic E-state index is -1.97. The molecular weight excluding hydrogens is 668 g/mol. The van der Waals surface area contributed by atoms with E-state index in [0.29, 0.717) is 42.2 Å². The van der Waals surface area contributed by atoms with Gasteiger partial charge in [-0.25, -0.2) is 4.79 Å². The zero-order valence-electron chi connectivity index (χ0n) is 27.2. The quantitative estimate of drug-likeness (QED) is 0.133. The second kappa shape index (κ2) is 14.7. The molecular formula is C36H37N2O13+. The number of aliphatic hydroxyl groups is 4. The Morgan fingerprint density at radius 1 is 0.941 bits per heavy atom. The molecule has 3 aromatic rings. The molecule has 0 bridgehead atoms. The maximum atomic E-state index is 11.7. The zero-order valence-corrected chi connectivity index (χ0v) is 27.2. The maximum absolute atomic E-state index is 11.7. The molecule has 3 aliphatic rings. The molecule has 1 unspecified atom stereocenters. The number of phenolic OH excluding ortho intramolecular Hbond substituents is 2. The number of nitrogens with zero attached hydrogens (tertiary/aromatic N) is 1. The van der Waals surface area contributed by atoms with Crippen LogP contribution in [0.4, 0.5) is 0 Å².